The Morgan fingerprint density at radius 1 is 1.21 bits per heavy atom. The number of benzene rings is 1. The maximum absolute atomic E-state index is 5.96. The molecule has 1 aromatic heterocycles. The summed E-state index contributed by atoms with van der Waals surface area (Å²) in [6.45, 7) is 0. The molecule has 2 rings (SSSR count). The Morgan fingerprint density at radius 2 is 2.00 bits per heavy atom. The minimum absolute atomic E-state index is 0.490. The van der Waals surface area contributed by atoms with Crippen molar-refractivity contribution in [3.05, 3.63) is 39.8 Å². The predicted octanol–water partition coefficient (Wildman–Crippen LogP) is 4.19. The van der Waals surface area contributed by atoms with Gasteiger partial charge in [0.25, 0.3) is 0 Å². The van der Waals surface area contributed by atoms with Gasteiger partial charge in [-0.05, 0) is 12.1 Å². The molecule has 0 bridgehead atoms. The minimum atomic E-state index is 0.490. The van der Waals surface area contributed by atoms with Crippen LogP contribution in [-0.2, 0) is 0 Å². The second kappa shape index (κ2) is 4.17. The average molecular weight is 245 g/mol. The molecule has 0 unspecified atom stereocenters. The molecule has 5 heteroatoms. The largest absolute Gasteiger partial charge is 0.330 e. The summed E-state index contributed by atoms with van der Waals surface area (Å²) in [5, 5.41) is 6.74. The SMILES string of the molecule is Clc1csc(Nc2ccccc2Cl)n1. The number of nitrogens with one attached hydrogen (secondary N) is 1. The smallest absolute Gasteiger partial charge is 0.188 e. The van der Waals surface area contributed by atoms with Gasteiger partial charge in [0.15, 0.2) is 5.13 Å². The van der Waals surface area contributed by atoms with Crippen molar-refractivity contribution in [1.29, 1.82) is 0 Å². The van der Waals surface area contributed by atoms with Crippen LogP contribution in [0.15, 0.2) is 29.6 Å². The Bertz CT molecular complexity index is 442. The Balaban J connectivity index is 2.23. The molecule has 0 atom stereocenters. The van der Waals surface area contributed by atoms with E-state index in [0.717, 1.165) is 10.8 Å². The lowest BCUT2D eigenvalue weighted by atomic mass is 10.3. The van der Waals surface area contributed by atoms with E-state index in [4.69, 9.17) is 23.2 Å². The van der Waals surface area contributed by atoms with Crippen LogP contribution < -0.4 is 5.32 Å². The lowest BCUT2D eigenvalue weighted by Crippen LogP contribution is -1.89. The number of thiazole rings is 1. The number of nitrogens with zero attached hydrogens (tertiary/aromatic N) is 1. The Hall–Kier alpha value is -0.770. The molecule has 14 heavy (non-hydrogen) atoms. The van der Waals surface area contributed by atoms with Crippen LogP contribution in [0.3, 0.4) is 0 Å². The number of halogens is 2. The van der Waals surface area contributed by atoms with Gasteiger partial charge >= 0.3 is 0 Å². The second-order valence-corrected chi connectivity index (χ2v) is 4.23. The first kappa shape index (κ1) is 9.77. The van der Waals surface area contributed by atoms with E-state index in [1.165, 1.54) is 11.3 Å². The van der Waals surface area contributed by atoms with Crippen LogP contribution in [-0.4, -0.2) is 4.98 Å². The van der Waals surface area contributed by atoms with Gasteiger partial charge in [0.1, 0.15) is 5.15 Å². The Morgan fingerprint density at radius 3 is 2.64 bits per heavy atom. The molecular formula is C9H6Cl2N2S. The van der Waals surface area contributed by atoms with Gasteiger partial charge in [-0.3, -0.25) is 0 Å². The van der Waals surface area contributed by atoms with Gasteiger partial charge in [-0.15, -0.1) is 11.3 Å². The van der Waals surface area contributed by atoms with E-state index in [1.54, 1.807) is 5.38 Å². The topological polar surface area (TPSA) is 24.9 Å². The molecule has 0 aliphatic rings. The van der Waals surface area contributed by atoms with Crippen LogP contribution in [0.2, 0.25) is 10.2 Å². The third-order valence-electron chi connectivity index (χ3n) is 1.59. The average Bonchev–Trinajstić information content (AvgIpc) is 2.56. The summed E-state index contributed by atoms with van der Waals surface area (Å²) in [6.07, 6.45) is 0. The first-order valence-electron chi connectivity index (χ1n) is 3.88. The van der Waals surface area contributed by atoms with E-state index >= 15 is 0 Å². The van der Waals surface area contributed by atoms with Crippen molar-refractivity contribution in [3.8, 4) is 0 Å². The number of aromatic nitrogens is 1. The Kier molecular flexibility index (Phi) is 2.91. The molecule has 0 spiro atoms. The van der Waals surface area contributed by atoms with E-state index in [1.807, 2.05) is 24.3 Å². The molecule has 1 heterocycles. The van der Waals surface area contributed by atoms with E-state index in [2.05, 4.69) is 10.3 Å². The van der Waals surface area contributed by atoms with Crippen molar-refractivity contribution in [2.75, 3.05) is 5.32 Å². The molecule has 0 aliphatic heterocycles. The molecule has 1 aromatic carbocycles. The summed E-state index contributed by atoms with van der Waals surface area (Å²) in [5.74, 6) is 0. The summed E-state index contributed by atoms with van der Waals surface area (Å²) < 4.78 is 0. The van der Waals surface area contributed by atoms with E-state index < -0.39 is 0 Å². The highest BCUT2D eigenvalue weighted by atomic mass is 35.5. The van der Waals surface area contributed by atoms with Gasteiger partial charge in [0.05, 0.1) is 10.7 Å². The maximum Gasteiger partial charge on any atom is 0.188 e. The second-order valence-electron chi connectivity index (χ2n) is 2.58. The first-order valence-corrected chi connectivity index (χ1v) is 5.52. The molecule has 2 aromatic rings. The zero-order valence-electron chi connectivity index (χ0n) is 7.00. The lowest BCUT2D eigenvalue weighted by molar-refractivity contribution is 1.39. The van der Waals surface area contributed by atoms with E-state index in [0.29, 0.717) is 10.2 Å². The van der Waals surface area contributed by atoms with Crippen molar-refractivity contribution >= 4 is 45.4 Å². The third kappa shape index (κ3) is 2.18. The van der Waals surface area contributed by atoms with E-state index in [-0.39, 0.29) is 0 Å². The molecule has 0 radical (unpaired) electrons. The highest BCUT2D eigenvalue weighted by molar-refractivity contribution is 7.14. The highest BCUT2D eigenvalue weighted by Crippen LogP contribution is 2.27. The lowest BCUT2D eigenvalue weighted by Gasteiger charge is -2.03. The van der Waals surface area contributed by atoms with Gasteiger partial charge in [-0.1, -0.05) is 35.3 Å². The normalized spacial score (nSPS) is 10.1. The summed E-state index contributed by atoms with van der Waals surface area (Å²) in [6, 6.07) is 7.49. The number of anilines is 2. The summed E-state index contributed by atoms with van der Waals surface area (Å²) in [5.41, 5.74) is 0.834. The van der Waals surface area contributed by atoms with Crippen LogP contribution in [0.1, 0.15) is 0 Å². The van der Waals surface area contributed by atoms with Gasteiger partial charge in [0.2, 0.25) is 0 Å². The molecule has 72 valence electrons. The third-order valence-corrected chi connectivity index (χ3v) is 3.00. The zero-order chi connectivity index (χ0) is 9.97. The molecule has 0 saturated carbocycles. The van der Waals surface area contributed by atoms with Crippen molar-refractivity contribution in [1.82, 2.24) is 4.98 Å². The molecule has 0 saturated heterocycles. The van der Waals surface area contributed by atoms with Gasteiger partial charge in [-0.2, -0.15) is 0 Å². The van der Waals surface area contributed by atoms with Gasteiger partial charge in [-0.25, -0.2) is 4.98 Å². The van der Waals surface area contributed by atoms with Gasteiger partial charge in [0, 0.05) is 5.38 Å². The van der Waals surface area contributed by atoms with Crippen LogP contribution in [0, 0.1) is 0 Å². The Labute approximate surface area is 95.5 Å². The molecule has 0 fully saturated rings. The zero-order valence-corrected chi connectivity index (χ0v) is 9.33. The molecule has 0 aliphatic carbocycles. The number of para-hydroxylation sites is 1. The molecule has 2 nitrogen and oxygen atoms in total. The monoisotopic (exact) mass is 244 g/mol. The highest BCUT2D eigenvalue weighted by Gasteiger charge is 2.02. The quantitative estimate of drug-likeness (QED) is 0.857. The van der Waals surface area contributed by atoms with E-state index in [9.17, 15) is 0 Å². The molecule has 1 N–H and O–H groups in total. The van der Waals surface area contributed by atoms with Crippen LogP contribution in [0.25, 0.3) is 0 Å². The fourth-order valence-corrected chi connectivity index (χ4v) is 2.02. The van der Waals surface area contributed by atoms with Crippen LogP contribution in [0.5, 0.6) is 0 Å². The molecular weight excluding hydrogens is 239 g/mol. The summed E-state index contributed by atoms with van der Waals surface area (Å²) in [7, 11) is 0. The van der Waals surface area contributed by atoms with Crippen molar-refractivity contribution in [2.45, 2.75) is 0 Å². The van der Waals surface area contributed by atoms with Crippen molar-refractivity contribution < 1.29 is 0 Å². The fourth-order valence-electron chi connectivity index (χ4n) is 0.989. The minimum Gasteiger partial charge on any atom is -0.330 e. The fraction of sp³-hybridized carbons (Fsp3) is 0. The van der Waals surface area contributed by atoms with Crippen LogP contribution in [0.4, 0.5) is 10.8 Å². The number of rotatable bonds is 2. The summed E-state index contributed by atoms with van der Waals surface area (Å²) in [4.78, 5) is 4.06. The van der Waals surface area contributed by atoms with Crippen molar-refractivity contribution in [2.24, 2.45) is 0 Å². The standard InChI is InChI=1S/C9H6Cl2N2S/c10-6-3-1-2-4-7(6)12-9-13-8(11)5-14-9/h1-5H,(H,12,13). The number of hydrogen-bond acceptors (Lipinski definition) is 3. The first-order chi connectivity index (χ1) is 6.75. The van der Waals surface area contributed by atoms with Gasteiger partial charge < -0.3 is 5.32 Å². The molecule has 0 amide bonds. The number of hydrogen-bond donors (Lipinski definition) is 1. The maximum atomic E-state index is 5.96. The van der Waals surface area contributed by atoms with Crippen molar-refractivity contribution in [3.63, 3.8) is 0 Å². The summed E-state index contributed by atoms with van der Waals surface area (Å²) >= 11 is 13.1. The van der Waals surface area contributed by atoms with Crippen LogP contribution >= 0.6 is 34.5 Å². The predicted molar refractivity (Wildman–Crippen MR) is 61.9 cm³/mol.